The first-order valence-corrected chi connectivity index (χ1v) is 6.30. The molecule has 0 aromatic carbocycles. The van der Waals surface area contributed by atoms with Crippen molar-refractivity contribution in [1.29, 1.82) is 0 Å². The smallest absolute Gasteiger partial charge is 0.370 e. The van der Waals surface area contributed by atoms with Gasteiger partial charge in [-0.05, 0) is 26.0 Å². The molecule has 0 aliphatic heterocycles. The Morgan fingerprint density at radius 3 is 2.55 bits per heavy atom. The average Bonchev–Trinajstić information content (AvgIpc) is 2.86. The molecule has 0 saturated heterocycles. The summed E-state index contributed by atoms with van der Waals surface area (Å²) >= 11 is 0. The van der Waals surface area contributed by atoms with Crippen LogP contribution in [0, 0.1) is 0 Å². The number of hydrogen-bond donors (Lipinski definition) is 1. The third-order valence-corrected chi connectivity index (χ3v) is 2.76. The van der Waals surface area contributed by atoms with Crippen molar-refractivity contribution in [3.8, 4) is 11.3 Å². The Labute approximate surface area is 114 Å². The Bertz CT molecular complexity index is 590. The van der Waals surface area contributed by atoms with Crippen LogP contribution in [0.2, 0.25) is 0 Å². The van der Waals surface area contributed by atoms with E-state index < -0.39 is 11.7 Å². The van der Waals surface area contributed by atoms with Crippen LogP contribution < -0.4 is 5.32 Å². The second kappa shape index (κ2) is 5.52. The van der Waals surface area contributed by atoms with E-state index in [4.69, 9.17) is 0 Å². The highest BCUT2D eigenvalue weighted by Crippen LogP contribution is 2.33. The predicted molar refractivity (Wildman–Crippen MR) is 70.3 cm³/mol. The van der Waals surface area contributed by atoms with E-state index in [2.05, 4.69) is 15.4 Å². The molecular formula is C13H15F3N4. The molecule has 2 heterocycles. The van der Waals surface area contributed by atoms with Gasteiger partial charge in [0, 0.05) is 24.8 Å². The van der Waals surface area contributed by atoms with E-state index >= 15 is 0 Å². The number of anilines is 1. The van der Waals surface area contributed by atoms with Crippen molar-refractivity contribution in [1.82, 2.24) is 14.8 Å². The predicted octanol–water partition coefficient (Wildman–Crippen LogP) is 3.42. The lowest BCUT2D eigenvalue weighted by Crippen LogP contribution is -2.08. The lowest BCUT2D eigenvalue weighted by Gasteiger charge is -2.11. The van der Waals surface area contributed by atoms with Crippen molar-refractivity contribution in [3.63, 3.8) is 0 Å². The largest absolute Gasteiger partial charge is 0.416 e. The van der Waals surface area contributed by atoms with Gasteiger partial charge in [0.1, 0.15) is 5.82 Å². The van der Waals surface area contributed by atoms with Crippen LogP contribution in [0.4, 0.5) is 19.0 Å². The summed E-state index contributed by atoms with van der Waals surface area (Å²) in [6.07, 6.45) is -1.21. The van der Waals surface area contributed by atoms with Gasteiger partial charge in [-0.3, -0.25) is 4.68 Å². The average molecular weight is 284 g/mol. The maximum absolute atomic E-state index is 12.9. The molecule has 0 fully saturated rings. The summed E-state index contributed by atoms with van der Waals surface area (Å²) < 4.78 is 40.3. The zero-order valence-corrected chi connectivity index (χ0v) is 11.2. The van der Waals surface area contributed by atoms with Gasteiger partial charge in [-0.2, -0.15) is 18.3 Å². The summed E-state index contributed by atoms with van der Waals surface area (Å²) in [6.45, 7) is 4.86. The molecule has 0 spiro atoms. The Morgan fingerprint density at radius 1 is 1.25 bits per heavy atom. The second-order valence-corrected chi connectivity index (χ2v) is 4.24. The lowest BCUT2D eigenvalue weighted by molar-refractivity contribution is -0.137. The van der Waals surface area contributed by atoms with Gasteiger partial charge in [0.25, 0.3) is 0 Å². The number of halogens is 3. The number of pyridine rings is 1. The van der Waals surface area contributed by atoms with Crippen molar-refractivity contribution in [2.75, 3.05) is 11.9 Å². The molecule has 20 heavy (non-hydrogen) atoms. The van der Waals surface area contributed by atoms with E-state index in [1.54, 1.807) is 17.8 Å². The van der Waals surface area contributed by atoms with Crippen molar-refractivity contribution in [2.45, 2.75) is 26.6 Å². The molecule has 0 saturated carbocycles. The van der Waals surface area contributed by atoms with E-state index in [9.17, 15) is 13.2 Å². The van der Waals surface area contributed by atoms with Gasteiger partial charge >= 0.3 is 6.18 Å². The summed E-state index contributed by atoms with van der Waals surface area (Å²) in [5, 5.41) is 6.87. The number of aromatic nitrogens is 3. The van der Waals surface area contributed by atoms with E-state index in [0.717, 1.165) is 12.1 Å². The molecule has 108 valence electrons. The van der Waals surface area contributed by atoms with E-state index in [1.165, 1.54) is 6.20 Å². The van der Waals surface area contributed by atoms with Crippen LogP contribution in [0.1, 0.15) is 19.4 Å². The summed E-state index contributed by atoms with van der Waals surface area (Å²) in [5.74, 6) is 0.210. The molecule has 2 aromatic heterocycles. The van der Waals surface area contributed by atoms with Crippen LogP contribution in [0.5, 0.6) is 0 Å². The fourth-order valence-electron chi connectivity index (χ4n) is 1.78. The van der Waals surface area contributed by atoms with Crippen molar-refractivity contribution in [2.24, 2.45) is 0 Å². The number of nitrogens with one attached hydrogen (secondary N) is 1. The monoisotopic (exact) mass is 284 g/mol. The highest BCUT2D eigenvalue weighted by molar-refractivity contribution is 5.61. The lowest BCUT2D eigenvalue weighted by atomic mass is 10.1. The van der Waals surface area contributed by atoms with Crippen LogP contribution in [0.3, 0.4) is 0 Å². The first kappa shape index (κ1) is 14.4. The molecule has 0 radical (unpaired) electrons. The third kappa shape index (κ3) is 3.09. The van der Waals surface area contributed by atoms with Crippen molar-refractivity contribution < 1.29 is 13.2 Å². The minimum Gasteiger partial charge on any atom is -0.370 e. The Morgan fingerprint density at radius 2 is 2.00 bits per heavy atom. The van der Waals surface area contributed by atoms with Crippen molar-refractivity contribution in [3.05, 3.63) is 30.1 Å². The van der Waals surface area contributed by atoms with Crippen LogP contribution in [0.15, 0.2) is 24.5 Å². The standard InChI is InChI=1S/C13H15F3N4/c1-3-17-12-6-10(13(14,15)16)5-11(19-12)9-7-18-20(4-2)8-9/h5-8H,3-4H2,1-2H3,(H,17,19). The SMILES string of the molecule is CCNc1cc(C(F)(F)F)cc(-c2cnn(CC)c2)n1. The normalized spacial score (nSPS) is 11.7. The number of aryl methyl sites for hydroxylation is 1. The van der Waals surface area contributed by atoms with Crippen LogP contribution in [-0.4, -0.2) is 21.3 Å². The second-order valence-electron chi connectivity index (χ2n) is 4.24. The molecular weight excluding hydrogens is 269 g/mol. The molecule has 0 bridgehead atoms. The van der Waals surface area contributed by atoms with Gasteiger partial charge in [-0.25, -0.2) is 4.98 Å². The number of nitrogens with zero attached hydrogens (tertiary/aromatic N) is 3. The number of rotatable bonds is 4. The van der Waals surface area contributed by atoms with Gasteiger partial charge in [-0.1, -0.05) is 0 Å². The summed E-state index contributed by atoms with van der Waals surface area (Å²) in [5.41, 5.74) is 0.107. The summed E-state index contributed by atoms with van der Waals surface area (Å²) in [7, 11) is 0. The zero-order valence-electron chi connectivity index (χ0n) is 11.2. The fraction of sp³-hybridized carbons (Fsp3) is 0.385. The molecule has 7 heteroatoms. The summed E-state index contributed by atoms with van der Waals surface area (Å²) in [6, 6.07) is 2.05. The molecule has 2 aromatic rings. The molecule has 0 aliphatic rings. The van der Waals surface area contributed by atoms with E-state index in [0.29, 0.717) is 18.7 Å². The van der Waals surface area contributed by atoms with Crippen LogP contribution in [-0.2, 0) is 12.7 Å². The minimum atomic E-state index is -4.40. The maximum Gasteiger partial charge on any atom is 0.416 e. The summed E-state index contributed by atoms with van der Waals surface area (Å²) in [4.78, 5) is 4.19. The Balaban J connectivity index is 2.48. The zero-order chi connectivity index (χ0) is 14.8. The Kier molecular flexibility index (Phi) is 3.96. The quantitative estimate of drug-likeness (QED) is 0.935. The van der Waals surface area contributed by atoms with Gasteiger partial charge in [0.15, 0.2) is 0 Å². The maximum atomic E-state index is 12.9. The van der Waals surface area contributed by atoms with E-state index in [-0.39, 0.29) is 11.5 Å². The minimum absolute atomic E-state index is 0.210. The topological polar surface area (TPSA) is 42.7 Å². The molecule has 2 rings (SSSR count). The molecule has 0 unspecified atom stereocenters. The van der Waals surface area contributed by atoms with Crippen molar-refractivity contribution >= 4 is 5.82 Å². The highest BCUT2D eigenvalue weighted by Gasteiger charge is 2.31. The number of alkyl halides is 3. The van der Waals surface area contributed by atoms with Gasteiger partial charge in [0.2, 0.25) is 0 Å². The fourth-order valence-corrected chi connectivity index (χ4v) is 1.78. The van der Waals surface area contributed by atoms with E-state index in [1.807, 2.05) is 6.92 Å². The highest BCUT2D eigenvalue weighted by atomic mass is 19.4. The first-order chi connectivity index (χ1) is 9.44. The molecule has 0 atom stereocenters. The third-order valence-electron chi connectivity index (χ3n) is 2.76. The van der Waals surface area contributed by atoms with Crippen LogP contribution >= 0.6 is 0 Å². The molecule has 4 nitrogen and oxygen atoms in total. The van der Waals surface area contributed by atoms with Gasteiger partial charge < -0.3 is 5.32 Å². The molecule has 0 aliphatic carbocycles. The van der Waals surface area contributed by atoms with Crippen LogP contribution in [0.25, 0.3) is 11.3 Å². The first-order valence-electron chi connectivity index (χ1n) is 6.30. The molecule has 0 amide bonds. The molecule has 1 N–H and O–H groups in total. The van der Waals surface area contributed by atoms with Gasteiger partial charge in [0.05, 0.1) is 17.5 Å². The number of hydrogen-bond acceptors (Lipinski definition) is 3. The van der Waals surface area contributed by atoms with Gasteiger partial charge in [-0.15, -0.1) is 0 Å². The Hall–Kier alpha value is -2.05.